The topological polar surface area (TPSA) is 43.1 Å². The summed E-state index contributed by atoms with van der Waals surface area (Å²) in [7, 11) is 0. The van der Waals surface area contributed by atoms with Gasteiger partial charge in [0.25, 0.3) is 0 Å². The third-order valence-electron chi connectivity index (χ3n) is 3.53. The Morgan fingerprint density at radius 2 is 1.94 bits per heavy atom. The van der Waals surface area contributed by atoms with Crippen molar-refractivity contribution in [3.63, 3.8) is 0 Å². The molecule has 0 spiro atoms. The molecule has 2 N–H and O–H groups in total. The lowest BCUT2D eigenvalue weighted by Gasteiger charge is -2.25. The SMILES string of the molecule is NC1CCC(C(=O)Cc2cc(F)cc(Br)c2)CC1. The molecule has 0 saturated heterocycles. The van der Waals surface area contributed by atoms with Crippen molar-refractivity contribution in [3.8, 4) is 0 Å². The number of benzene rings is 1. The molecule has 0 heterocycles. The highest BCUT2D eigenvalue weighted by Gasteiger charge is 2.24. The monoisotopic (exact) mass is 313 g/mol. The Morgan fingerprint density at radius 3 is 2.56 bits per heavy atom. The minimum Gasteiger partial charge on any atom is -0.328 e. The fourth-order valence-electron chi connectivity index (χ4n) is 2.50. The van der Waals surface area contributed by atoms with Gasteiger partial charge in [0, 0.05) is 22.9 Å². The molecule has 1 aromatic rings. The van der Waals surface area contributed by atoms with Crippen LogP contribution in [-0.4, -0.2) is 11.8 Å². The molecule has 0 aromatic heterocycles. The van der Waals surface area contributed by atoms with Crippen LogP contribution in [0.5, 0.6) is 0 Å². The number of nitrogens with two attached hydrogens (primary N) is 1. The van der Waals surface area contributed by atoms with E-state index in [2.05, 4.69) is 15.9 Å². The molecule has 98 valence electrons. The highest BCUT2D eigenvalue weighted by Crippen LogP contribution is 2.25. The van der Waals surface area contributed by atoms with Crippen LogP contribution in [0.2, 0.25) is 0 Å². The summed E-state index contributed by atoms with van der Waals surface area (Å²) in [4.78, 5) is 12.1. The van der Waals surface area contributed by atoms with Gasteiger partial charge in [0.1, 0.15) is 11.6 Å². The molecular weight excluding hydrogens is 297 g/mol. The highest BCUT2D eigenvalue weighted by atomic mass is 79.9. The van der Waals surface area contributed by atoms with Gasteiger partial charge in [-0.2, -0.15) is 0 Å². The molecule has 1 saturated carbocycles. The summed E-state index contributed by atoms with van der Waals surface area (Å²) in [5.41, 5.74) is 6.56. The molecule has 1 aliphatic rings. The van der Waals surface area contributed by atoms with E-state index in [0.29, 0.717) is 10.9 Å². The van der Waals surface area contributed by atoms with Crippen LogP contribution in [0.4, 0.5) is 4.39 Å². The largest absolute Gasteiger partial charge is 0.328 e. The van der Waals surface area contributed by atoms with Gasteiger partial charge < -0.3 is 5.73 Å². The zero-order valence-electron chi connectivity index (χ0n) is 10.2. The van der Waals surface area contributed by atoms with Gasteiger partial charge >= 0.3 is 0 Å². The Bertz CT molecular complexity index is 421. The second kappa shape index (κ2) is 5.93. The van der Waals surface area contributed by atoms with Gasteiger partial charge in [-0.15, -0.1) is 0 Å². The van der Waals surface area contributed by atoms with Gasteiger partial charge in [0.2, 0.25) is 0 Å². The summed E-state index contributed by atoms with van der Waals surface area (Å²) in [6.07, 6.45) is 3.90. The number of ketones is 1. The summed E-state index contributed by atoms with van der Waals surface area (Å²) in [6.45, 7) is 0. The first-order valence-corrected chi connectivity index (χ1v) is 7.07. The second-order valence-electron chi connectivity index (χ2n) is 5.03. The predicted molar refractivity (Wildman–Crippen MR) is 72.7 cm³/mol. The Labute approximate surface area is 115 Å². The molecule has 2 nitrogen and oxygen atoms in total. The van der Waals surface area contributed by atoms with Crippen LogP contribution in [0.1, 0.15) is 31.2 Å². The van der Waals surface area contributed by atoms with Crippen LogP contribution >= 0.6 is 15.9 Å². The van der Waals surface area contributed by atoms with E-state index in [0.717, 1.165) is 31.2 Å². The number of hydrogen-bond acceptors (Lipinski definition) is 2. The zero-order valence-corrected chi connectivity index (χ0v) is 11.7. The maximum absolute atomic E-state index is 13.2. The fraction of sp³-hybridized carbons (Fsp3) is 0.500. The van der Waals surface area contributed by atoms with Crippen LogP contribution in [-0.2, 0) is 11.2 Å². The van der Waals surface area contributed by atoms with Crippen LogP contribution in [0, 0.1) is 11.7 Å². The first-order chi connectivity index (χ1) is 8.54. The van der Waals surface area contributed by atoms with Crippen molar-refractivity contribution in [2.24, 2.45) is 11.7 Å². The molecule has 0 radical (unpaired) electrons. The lowest BCUT2D eigenvalue weighted by Crippen LogP contribution is -2.30. The third kappa shape index (κ3) is 3.62. The fourth-order valence-corrected chi connectivity index (χ4v) is 3.01. The van der Waals surface area contributed by atoms with Crippen LogP contribution in [0.25, 0.3) is 0 Å². The number of carbonyl (C=O) groups excluding carboxylic acids is 1. The van der Waals surface area contributed by atoms with Gasteiger partial charge in [0.15, 0.2) is 0 Å². The summed E-state index contributed by atoms with van der Waals surface area (Å²) in [5, 5.41) is 0. The van der Waals surface area contributed by atoms with E-state index in [4.69, 9.17) is 5.73 Å². The molecule has 18 heavy (non-hydrogen) atoms. The maximum Gasteiger partial charge on any atom is 0.140 e. The van der Waals surface area contributed by atoms with Gasteiger partial charge in [-0.3, -0.25) is 4.79 Å². The van der Waals surface area contributed by atoms with E-state index in [1.54, 1.807) is 6.07 Å². The van der Waals surface area contributed by atoms with E-state index in [9.17, 15) is 9.18 Å². The quantitative estimate of drug-likeness (QED) is 0.931. The number of rotatable bonds is 3. The van der Waals surface area contributed by atoms with E-state index in [1.165, 1.54) is 12.1 Å². The van der Waals surface area contributed by atoms with E-state index in [-0.39, 0.29) is 23.6 Å². The second-order valence-corrected chi connectivity index (χ2v) is 5.95. The minimum absolute atomic E-state index is 0.104. The van der Waals surface area contributed by atoms with Crippen molar-refractivity contribution in [2.45, 2.75) is 38.1 Å². The molecule has 2 rings (SSSR count). The third-order valence-corrected chi connectivity index (χ3v) is 3.99. The lowest BCUT2D eigenvalue weighted by molar-refractivity contribution is -0.123. The Hall–Kier alpha value is -0.740. The summed E-state index contributed by atoms with van der Waals surface area (Å²) in [5.74, 6) is 0.00378. The van der Waals surface area contributed by atoms with E-state index >= 15 is 0 Å². The van der Waals surface area contributed by atoms with Gasteiger partial charge in [-0.25, -0.2) is 4.39 Å². The molecule has 0 atom stereocenters. The molecular formula is C14H17BrFNO. The number of Topliss-reactive ketones (excluding diaryl/α,β-unsaturated/α-hetero) is 1. The lowest BCUT2D eigenvalue weighted by atomic mass is 9.82. The zero-order chi connectivity index (χ0) is 13.1. The summed E-state index contributed by atoms with van der Waals surface area (Å²) >= 11 is 3.24. The first-order valence-electron chi connectivity index (χ1n) is 6.28. The van der Waals surface area contributed by atoms with Gasteiger partial charge in [-0.1, -0.05) is 15.9 Å². The minimum atomic E-state index is -0.308. The Morgan fingerprint density at radius 1 is 1.28 bits per heavy atom. The van der Waals surface area contributed by atoms with Crippen molar-refractivity contribution < 1.29 is 9.18 Å². The van der Waals surface area contributed by atoms with E-state index < -0.39 is 0 Å². The van der Waals surface area contributed by atoms with Crippen LogP contribution in [0.3, 0.4) is 0 Å². The van der Waals surface area contributed by atoms with Crippen molar-refractivity contribution in [1.29, 1.82) is 0 Å². The smallest absolute Gasteiger partial charge is 0.140 e. The molecule has 1 aliphatic carbocycles. The predicted octanol–water partition coefficient (Wildman–Crippen LogP) is 3.22. The number of carbonyl (C=O) groups is 1. The molecule has 0 unspecified atom stereocenters. The van der Waals surface area contributed by atoms with Crippen molar-refractivity contribution in [3.05, 3.63) is 34.1 Å². The highest BCUT2D eigenvalue weighted by molar-refractivity contribution is 9.10. The summed E-state index contributed by atoms with van der Waals surface area (Å²) in [6, 6.07) is 4.87. The van der Waals surface area contributed by atoms with Gasteiger partial charge in [-0.05, 0) is 49.4 Å². The molecule has 4 heteroatoms. The average Bonchev–Trinajstić information content (AvgIpc) is 2.28. The molecule has 1 aromatic carbocycles. The molecule has 0 bridgehead atoms. The van der Waals surface area contributed by atoms with Gasteiger partial charge in [0.05, 0.1) is 0 Å². The average molecular weight is 314 g/mol. The van der Waals surface area contributed by atoms with Crippen molar-refractivity contribution in [1.82, 2.24) is 0 Å². The molecule has 0 aliphatic heterocycles. The van der Waals surface area contributed by atoms with Crippen LogP contribution in [0.15, 0.2) is 22.7 Å². The van der Waals surface area contributed by atoms with Crippen molar-refractivity contribution >= 4 is 21.7 Å². The standard InChI is InChI=1S/C14H17BrFNO/c15-11-5-9(6-12(16)8-11)7-14(18)10-1-3-13(17)4-2-10/h5-6,8,10,13H,1-4,7,17H2. The summed E-state index contributed by atoms with van der Waals surface area (Å²) < 4.78 is 13.9. The van der Waals surface area contributed by atoms with Crippen molar-refractivity contribution in [2.75, 3.05) is 0 Å². The Kier molecular flexibility index (Phi) is 4.51. The Balaban J connectivity index is 1.98. The first kappa shape index (κ1) is 13.7. The molecule has 1 fully saturated rings. The van der Waals surface area contributed by atoms with Crippen LogP contribution < -0.4 is 5.73 Å². The normalized spacial score (nSPS) is 23.9. The number of hydrogen-bond donors (Lipinski definition) is 1. The maximum atomic E-state index is 13.2. The number of halogens is 2. The van der Waals surface area contributed by atoms with E-state index in [1.807, 2.05) is 0 Å². The molecule has 0 amide bonds.